The number of rotatable bonds is 2. The molecule has 13 rings (SSSR count). The first kappa shape index (κ1) is 29.3. The average Bonchev–Trinajstić information content (AvgIpc) is 3.94. The van der Waals surface area contributed by atoms with Crippen molar-refractivity contribution in [2.75, 3.05) is 0 Å². The van der Waals surface area contributed by atoms with Crippen molar-refractivity contribution in [2.45, 2.75) is 36.5 Å². The van der Waals surface area contributed by atoms with E-state index in [2.05, 4.69) is 174 Å². The highest BCUT2D eigenvalue weighted by molar-refractivity contribution is 6.20. The second kappa shape index (κ2) is 10.5. The molecule has 0 amide bonds. The molecular formula is C53H37N. The first-order valence-corrected chi connectivity index (χ1v) is 19.8. The van der Waals surface area contributed by atoms with Gasteiger partial charge >= 0.3 is 0 Å². The molecule has 1 aromatic heterocycles. The first-order chi connectivity index (χ1) is 26.8. The van der Waals surface area contributed by atoms with Gasteiger partial charge in [0.15, 0.2) is 0 Å². The van der Waals surface area contributed by atoms with E-state index in [-0.39, 0.29) is 5.41 Å². The fraction of sp³-hybridized carbons (Fsp3) is 0.132. The molecule has 1 fully saturated rings. The smallest absolute Gasteiger partial charge is 0.0541 e. The quantitative estimate of drug-likeness (QED) is 0.170. The Hall–Kier alpha value is -6.18. The maximum atomic E-state index is 2.66. The summed E-state index contributed by atoms with van der Waals surface area (Å²) in [5, 5.41) is 5.45. The molecule has 1 nitrogen and oxygen atoms in total. The second-order valence-electron chi connectivity index (χ2n) is 16.2. The molecule has 0 saturated heterocycles. The molecule has 8 aromatic carbocycles. The molecule has 54 heavy (non-hydrogen) atoms. The zero-order valence-electron chi connectivity index (χ0n) is 30.0. The van der Waals surface area contributed by atoms with Crippen LogP contribution in [-0.2, 0) is 5.41 Å². The molecular weight excluding hydrogens is 651 g/mol. The van der Waals surface area contributed by atoms with Crippen LogP contribution >= 0.6 is 0 Å². The van der Waals surface area contributed by atoms with Gasteiger partial charge in [-0.05, 0) is 133 Å². The van der Waals surface area contributed by atoms with Gasteiger partial charge in [0.2, 0.25) is 0 Å². The Morgan fingerprint density at radius 1 is 0.444 bits per heavy atom. The third-order valence-electron chi connectivity index (χ3n) is 14.1. The van der Waals surface area contributed by atoms with E-state index in [1.807, 2.05) is 0 Å². The number of fused-ring (bicyclic) bond motifs is 17. The Kier molecular flexibility index (Phi) is 5.69. The highest BCUT2D eigenvalue weighted by atomic mass is 15.0. The molecule has 9 aromatic rings. The number of hydrogen-bond donors (Lipinski definition) is 0. The Morgan fingerprint density at radius 3 is 1.81 bits per heavy atom. The molecule has 1 heterocycles. The molecule has 4 atom stereocenters. The van der Waals surface area contributed by atoms with E-state index in [9.17, 15) is 0 Å². The highest BCUT2D eigenvalue weighted by Crippen LogP contribution is 2.71. The summed E-state index contributed by atoms with van der Waals surface area (Å²) in [6.07, 6.45) is 3.69. The van der Waals surface area contributed by atoms with Crippen LogP contribution in [-0.4, -0.2) is 4.57 Å². The fourth-order valence-corrected chi connectivity index (χ4v) is 12.3. The van der Waals surface area contributed by atoms with Crippen LogP contribution in [0, 0.1) is 5.92 Å². The van der Waals surface area contributed by atoms with Gasteiger partial charge in [0.05, 0.1) is 16.4 Å². The topological polar surface area (TPSA) is 4.93 Å². The molecule has 0 bridgehead atoms. The molecule has 4 aliphatic carbocycles. The lowest BCUT2D eigenvalue weighted by molar-refractivity contribution is 0.226. The fourth-order valence-electron chi connectivity index (χ4n) is 12.3. The van der Waals surface area contributed by atoms with Gasteiger partial charge in [-0.15, -0.1) is 0 Å². The minimum Gasteiger partial charge on any atom is -0.309 e. The first-order valence-electron chi connectivity index (χ1n) is 19.8. The molecule has 4 unspecified atom stereocenters. The monoisotopic (exact) mass is 687 g/mol. The SMILES string of the molecule is c1ccc2c(c1)-c1cccc3c4c(cc-2c13)C1(c2ccccc2-4)c2ccccc2C2CCCC(c3ccc(-n4c5ccccc5c5ccccc54)cc3)C21. The zero-order valence-corrected chi connectivity index (χ0v) is 30.0. The number of aromatic nitrogens is 1. The van der Waals surface area contributed by atoms with Crippen molar-refractivity contribution in [3.8, 4) is 39.1 Å². The van der Waals surface area contributed by atoms with E-state index < -0.39 is 0 Å². The van der Waals surface area contributed by atoms with Crippen molar-refractivity contribution < 1.29 is 0 Å². The Bertz CT molecular complexity index is 3000. The molecule has 0 radical (unpaired) electrons. The Labute approximate surface area is 315 Å². The third-order valence-corrected chi connectivity index (χ3v) is 14.1. The van der Waals surface area contributed by atoms with E-state index in [0.717, 1.165) is 0 Å². The van der Waals surface area contributed by atoms with Gasteiger partial charge in [-0.2, -0.15) is 0 Å². The van der Waals surface area contributed by atoms with Crippen LogP contribution < -0.4 is 0 Å². The van der Waals surface area contributed by atoms with Gasteiger partial charge in [0, 0.05) is 16.5 Å². The van der Waals surface area contributed by atoms with E-state index in [4.69, 9.17) is 0 Å². The summed E-state index contributed by atoms with van der Waals surface area (Å²) in [4.78, 5) is 0. The largest absolute Gasteiger partial charge is 0.309 e. The van der Waals surface area contributed by atoms with Gasteiger partial charge < -0.3 is 4.57 Å². The van der Waals surface area contributed by atoms with Crippen LogP contribution in [0.4, 0.5) is 0 Å². The van der Waals surface area contributed by atoms with Gasteiger partial charge in [0.25, 0.3) is 0 Å². The summed E-state index contributed by atoms with van der Waals surface area (Å²) in [5.74, 6) is 1.33. The average molecular weight is 688 g/mol. The predicted molar refractivity (Wildman–Crippen MR) is 224 cm³/mol. The molecule has 0 N–H and O–H groups in total. The van der Waals surface area contributed by atoms with Crippen molar-refractivity contribution in [2.24, 2.45) is 5.92 Å². The van der Waals surface area contributed by atoms with E-state index in [1.54, 1.807) is 5.56 Å². The van der Waals surface area contributed by atoms with Gasteiger partial charge in [0.1, 0.15) is 0 Å². The molecule has 1 saturated carbocycles. The third kappa shape index (κ3) is 3.47. The van der Waals surface area contributed by atoms with Crippen LogP contribution in [0.3, 0.4) is 0 Å². The van der Waals surface area contributed by atoms with Crippen molar-refractivity contribution in [1.82, 2.24) is 4.57 Å². The zero-order chi connectivity index (χ0) is 35.1. The maximum absolute atomic E-state index is 2.66. The lowest BCUT2D eigenvalue weighted by Crippen LogP contribution is -2.39. The number of benzene rings is 8. The van der Waals surface area contributed by atoms with Crippen molar-refractivity contribution >= 4 is 32.6 Å². The normalized spacial score (nSPS) is 21.4. The summed E-state index contributed by atoms with van der Waals surface area (Å²) in [6, 6.07) is 65.3. The minimum absolute atomic E-state index is 0.234. The van der Waals surface area contributed by atoms with Gasteiger partial charge in [-0.25, -0.2) is 0 Å². The van der Waals surface area contributed by atoms with Crippen LogP contribution in [0.25, 0.3) is 71.6 Å². The second-order valence-corrected chi connectivity index (χ2v) is 16.2. The summed E-state index contributed by atoms with van der Waals surface area (Å²) in [6.45, 7) is 0. The molecule has 1 heteroatoms. The molecule has 0 aliphatic heterocycles. The number of nitrogens with zero attached hydrogens (tertiary/aromatic N) is 1. The molecule has 4 aliphatic rings. The summed E-state index contributed by atoms with van der Waals surface area (Å²) in [7, 11) is 0. The number of hydrogen-bond acceptors (Lipinski definition) is 0. The number of para-hydroxylation sites is 2. The van der Waals surface area contributed by atoms with Crippen molar-refractivity contribution in [3.63, 3.8) is 0 Å². The van der Waals surface area contributed by atoms with E-state index >= 15 is 0 Å². The predicted octanol–water partition coefficient (Wildman–Crippen LogP) is 13.6. The van der Waals surface area contributed by atoms with Crippen LogP contribution in [0.15, 0.2) is 170 Å². The van der Waals surface area contributed by atoms with Crippen LogP contribution in [0.5, 0.6) is 0 Å². The summed E-state index contributed by atoms with van der Waals surface area (Å²) < 4.78 is 2.45. The lowest BCUT2D eigenvalue weighted by Gasteiger charge is -2.45. The minimum atomic E-state index is -0.234. The standard InChI is InChI=1S/C53H37N/c1-2-14-36-35(13-1)40-20-12-22-43-50(40)44(36)31-47-51(43)42-18-4-8-24-46(42)53(47)45-23-7-3-15-37(45)41-21-11-19-34(52(41)53)32-27-29-33(30-28-32)54-48-25-9-5-16-38(48)39-17-6-10-26-49(39)54/h1-10,12-18,20,22-31,34,41,52H,11,19,21H2. The molecule has 1 spiro atoms. The van der Waals surface area contributed by atoms with Gasteiger partial charge in [-0.1, -0.05) is 146 Å². The van der Waals surface area contributed by atoms with Crippen LogP contribution in [0.1, 0.15) is 58.9 Å². The summed E-state index contributed by atoms with van der Waals surface area (Å²) >= 11 is 0. The Morgan fingerprint density at radius 2 is 1.04 bits per heavy atom. The summed E-state index contributed by atoms with van der Waals surface area (Å²) in [5.41, 5.74) is 19.5. The highest BCUT2D eigenvalue weighted by Gasteiger charge is 2.61. The Balaban J connectivity index is 1.06. The maximum Gasteiger partial charge on any atom is 0.0541 e. The molecule has 254 valence electrons. The van der Waals surface area contributed by atoms with E-state index in [0.29, 0.717) is 17.8 Å². The lowest BCUT2D eigenvalue weighted by atomic mass is 9.57. The van der Waals surface area contributed by atoms with E-state index in [1.165, 1.54) is 113 Å². The van der Waals surface area contributed by atoms with Gasteiger partial charge in [-0.3, -0.25) is 0 Å². The van der Waals surface area contributed by atoms with Crippen molar-refractivity contribution in [3.05, 3.63) is 198 Å². The van der Waals surface area contributed by atoms with Crippen LogP contribution in [0.2, 0.25) is 0 Å². The van der Waals surface area contributed by atoms with Crippen molar-refractivity contribution in [1.29, 1.82) is 0 Å².